The van der Waals surface area contributed by atoms with Gasteiger partial charge in [-0.3, -0.25) is 9.78 Å². The Hall–Kier alpha value is -1.91. The molecule has 0 spiro atoms. The Kier molecular flexibility index (Phi) is 5.48. The van der Waals surface area contributed by atoms with Crippen molar-refractivity contribution in [1.82, 2.24) is 14.8 Å². The normalized spacial score (nSPS) is 15.5. The van der Waals surface area contributed by atoms with Crippen LogP contribution < -0.4 is 0 Å². The Bertz CT molecular complexity index is 711. The van der Waals surface area contributed by atoms with Crippen LogP contribution in [0.25, 0.3) is 0 Å². The molecule has 1 aliphatic rings. The SMILES string of the molecule is CN1CCN(C(=O)c2ncccc2CCc2cccc(Cl)c2)CC1. The van der Waals surface area contributed by atoms with Gasteiger partial charge in [-0.2, -0.15) is 0 Å². The van der Waals surface area contributed by atoms with Crippen molar-refractivity contribution >= 4 is 17.5 Å². The predicted octanol–water partition coefficient (Wildman–Crippen LogP) is 2.91. The molecule has 0 radical (unpaired) electrons. The summed E-state index contributed by atoms with van der Waals surface area (Å²) in [6, 6.07) is 11.8. The van der Waals surface area contributed by atoms with Crippen molar-refractivity contribution in [3.05, 3.63) is 64.4 Å². The molecule has 0 unspecified atom stereocenters. The van der Waals surface area contributed by atoms with Crippen LogP contribution in [0, 0.1) is 0 Å². The molecule has 4 nitrogen and oxygen atoms in total. The summed E-state index contributed by atoms with van der Waals surface area (Å²) in [5.74, 6) is 0.0461. The Morgan fingerprint density at radius 3 is 2.67 bits per heavy atom. The highest BCUT2D eigenvalue weighted by Gasteiger charge is 2.23. The first-order valence-electron chi connectivity index (χ1n) is 8.29. The van der Waals surface area contributed by atoms with Gasteiger partial charge in [-0.15, -0.1) is 0 Å². The second-order valence-corrected chi connectivity index (χ2v) is 6.67. The zero-order valence-electron chi connectivity index (χ0n) is 13.9. The second kappa shape index (κ2) is 7.77. The number of likely N-dealkylation sites (N-methyl/N-ethyl adjacent to an activating group) is 1. The number of aryl methyl sites for hydroxylation is 2. The summed E-state index contributed by atoms with van der Waals surface area (Å²) in [7, 11) is 2.08. The van der Waals surface area contributed by atoms with Gasteiger partial charge in [0.15, 0.2) is 0 Å². The van der Waals surface area contributed by atoms with E-state index in [0.29, 0.717) is 5.69 Å². The molecule has 24 heavy (non-hydrogen) atoms. The largest absolute Gasteiger partial charge is 0.335 e. The van der Waals surface area contributed by atoms with Crippen LogP contribution in [0.3, 0.4) is 0 Å². The molecule has 5 heteroatoms. The molecule has 1 fully saturated rings. The Morgan fingerprint density at radius 2 is 1.92 bits per heavy atom. The summed E-state index contributed by atoms with van der Waals surface area (Å²) in [5.41, 5.74) is 2.76. The lowest BCUT2D eigenvalue weighted by molar-refractivity contribution is 0.0657. The Labute approximate surface area is 148 Å². The molecule has 1 aromatic carbocycles. The van der Waals surface area contributed by atoms with Gasteiger partial charge < -0.3 is 9.80 Å². The van der Waals surface area contributed by atoms with Gasteiger partial charge in [0.1, 0.15) is 5.69 Å². The van der Waals surface area contributed by atoms with E-state index >= 15 is 0 Å². The molecular weight excluding hydrogens is 322 g/mol. The van der Waals surface area contributed by atoms with E-state index in [4.69, 9.17) is 11.6 Å². The van der Waals surface area contributed by atoms with Crippen LogP contribution >= 0.6 is 11.6 Å². The number of halogens is 1. The average molecular weight is 344 g/mol. The van der Waals surface area contributed by atoms with Crippen LogP contribution in [0.4, 0.5) is 0 Å². The lowest BCUT2D eigenvalue weighted by atomic mass is 10.0. The van der Waals surface area contributed by atoms with E-state index in [-0.39, 0.29) is 5.91 Å². The lowest BCUT2D eigenvalue weighted by Crippen LogP contribution is -2.47. The number of hydrogen-bond donors (Lipinski definition) is 0. The third-order valence-corrected chi connectivity index (χ3v) is 4.69. The summed E-state index contributed by atoms with van der Waals surface area (Å²) in [6.45, 7) is 3.35. The van der Waals surface area contributed by atoms with Gasteiger partial charge >= 0.3 is 0 Å². The van der Waals surface area contributed by atoms with Gasteiger partial charge in [-0.1, -0.05) is 29.8 Å². The van der Waals surface area contributed by atoms with Crippen molar-refractivity contribution in [2.45, 2.75) is 12.8 Å². The fourth-order valence-electron chi connectivity index (χ4n) is 2.96. The van der Waals surface area contributed by atoms with E-state index in [2.05, 4.69) is 23.0 Å². The predicted molar refractivity (Wildman–Crippen MR) is 96.5 cm³/mol. The molecule has 1 aromatic heterocycles. The number of amides is 1. The van der Waals surface area contributed by atoms with E-state index < -0.39 is 0 Å². The van der Waals surface area contributed by atoms with Crippen LogP contribution in [0.5, 0.6) is 0 Å². The van der Waals surface area contributed by atoms with E-state index in [1.807, 2.05) is 35.2 Å². The number of piperazine rings is 1. The zero-order valence-corrected chi connectivity index (χ0v) is 14.7. The third kappa shape index (κ3) is 4.13. The monoisotopic (exact) mass is 343 g/mol. The second-order valence-electron chi connectivity index (χ2n) is 6.24. The lowest BCUT2D eigenvalue weighted by Gasteiger charge is -2.32. The van der Waals surface area contributed by atoms with Crippen molar-refractivity contribution < 1.29 is 4.79 Å². The molecule has 126 valence electrons. The van der Waals surface area contributed by atoms with Crippen molar-refractivity contribution in [1.29, 1.82) is 0 Å². The maximum Gasteiger partial charge on any atom is 0.272 e. The highest BCUT2D eigenvalue weighted by atomic mass is 35.5. The first-order valence-corrected chi connectivity index (χ1v) is 8.67. The molecule has 0 aliphatic carbocycles. The molecule has 0 N–H and O–H groups in total. The minimum atomic E-state index is 0.0461. The first-order chi connectivity index (χ1) is 11.6. The topological polar surface area (TPSA) is 36.4 Å². The molecule has 3 rings (SSSR count). The van der Waals surface area contributed by atoms with Crippen molar-refractivity contribution in [3.63, 3.8) is 0 Å². The summed E-state index contributed by atoms with van der Waals surface area (Å²) in [4.78, 5) is 21.3. The van der Waals surface area contributed by atoms with Crippen molar-refractivity contribution in [2.24, 2.45) is 0 Å². The number of carbonyl (C=O) groups is 1. The third-order valence-electron chi connectivity index (χ3n) is 4.46. The molecule has 0 atom stereocenters. The number of benzene rings is 1. The highest BCUT2D eigenvalue weighted by molar-refractivity contribution is 6.30. The molecule has 1 amide bonds. The van der Waals surface area contributed by atoms with E-state index in [0.717, 1.165) is 49.6 Å². The highest BCUT2D eigenvalue weighted by Crippen LogP contribution is 2.16. The summed E-state index contributed by atoms with van der Waals surface area (Å²) >= 11 is 6.04. The fourth-order valence-corrected chi connectivity index (χ4v) is 3.18. The summed E-state index contributed by atoms with van der Waals surface area (Å²) in [6.07, 6.45) is 3.32. The smallest absolute Gasteiger partial charge is 0.272 e. The van der Waals surface area contributed by atoms with Gasteiger partial charge in [0.2, 0.25) is 0 Å². The van der Waals surface area contributed by atoms with Crippen LogP contribution in [-0.4, -0.2) is 53.9 Å². The van der Waals surface area contributed by atoms with Crippen molar-refractivity contribution in [2.75, 3.05) is 33.2 Å². The van der Waals surface area contributed by atoms with E-state index in [1.54, 1.807) is 6.20 Å². The maximum atomic E-state index is 12.8. The maximum absolute atomic E-state index is 12.8. The fraction of sp³-hybridized carbons (Fsp3) is 0.368. The molecule has 0 bridgehead atoms. The number of nitrogens with zero attached hydrogens (tertiary/aromatic N) is 3. The Morgan fingerprint density at radius 1 is 1.12 bits per heavy atom. The average Bonchev–Trinajstić information content (AvgIpc) is 2.60. The number of rotatable bonds is 4. The summed E-state index contributed by atoms with van der Waals surface area (Å²) in [5, 5.41) is 0.743. The molecular formula is C19H22ClN3O. The summed E-state index contributed by atoms with van der Waals surface area (Å²) < 4.78 is 0. The Balaban J connectivity index is 1.71. The van der Waals surface area contributed by atoms with Gasteiger partial charge in [-0.05, 0) is 49.2 Å². The minimum Gasteiger partial charge on any atom is -0.335 e. The van der Waals surface area contributed by atoms with Crippen LogP contribution in [0.15, 0.2) is 42.6 Å². The number of aromatic nitrogens is 1. The van der Waals surface area contributed by atoms with Crippen molar-refractivity contribution in [3.8, 4) is 0 Å². The van der Waals surface area contributed by atoms with Gasteiger partial charge in [-0.25, -0.2) is 0 Å². The van der Waals surface area contributed by atoms with E-state index in [9.17, 15) is 4.79 Å². The van der Waals surface area contributed by atoms with Gasteiger partial charge in [0.05, 0.1) is 0 Å². The zero-order chi connectivity index (χ0) is 16.9. The standard InChI is InChI=1S/C19H22ClN3O/c1-22-10-12-23(13-11-22)19(24)18-16(5-3-9-21-18)8-7-15-4-2-6-17(20)14-15/h2-6,9,14H,7-8,10-13H2,1H3. The van der Waals surface area contributed by atoms with Crippen LogP contribution in [-0.2, 0) is 12.8 Å². The molecule has 1 aliphatic heterocycles. The first kappa shape index (κ1) is 16.9. The number of hydrogen-bond acceptors (Lipinski definition) is 3. The minimum absolute atomic E-state index is 0.0461. The molecule has 2 aromatic rings. The molecule has 0 saturated carbocycles. The van der Waals surface area contributed by atoms with Gasteiger partial charge in [0, 0.05) is 37.4 Å². The quantitative estimate of drug-likeness (QED) is 0.856. The number of pyridine rings is 1. The number of carbonyl (C=O) groups excluding carboxylic acids is 1. The van der Waals surface area contributed by atoms with Gasteiger partial charge in [0.25, 0.3) is 5.91 Å². The molecule has 1 saturated heterocycles. The van der Waals surface area contributed by atoms with E-state index in [1.165, 1.54) is 5.56 Å². The molecule has 2 heterocycles. The van der Waals surface area contributed by atoms with Crippen LogP contribution in [0.2, 0.25) is 5.02 Å². The van der Waals surface area contributed by atoms with Crippen LogP contribution in [0.1, 0.15) is 21.6 Å².